The number of rotatable bonds is 2. The largest absolute Gasteiger partial charge is 0.480 e. The molecule has 6 nitrogen and oxygen atoms in total. The van der Waals surface area contributed by atoms with Crippen LogP contribution in [0.25, 0.3) is 0 Å². The van der Waals surface area contributed by atoms with Gasteiger partial charge in [0.1, 0.15) is 6.04 Å². The molecule has 3 unspecified atom stereocenters. The van der Waals surface area contributed by atoms with Crippen LogP contribution in [0.15, 0.2) is 0 Å². The number of piperidine rings is 1. The van der Waals surface area contributed by atoms with E-state index >= 15 is 0 Å². The van der Waals surface area contributed by atoms with Gasteiger partial charge in [0.05, 0.1) is 11.5 Å². The molecular weight excluding hydrogens is 280 g/mol. The van der Waals surface area contributed by atoms with Gasteiger partial charge in [-0.25, -0.2) is 9.59 Å². The average molecular weight is 302 g/mol. The normalized spacial score (nSPS) is 29.6. The highest BCUT2D eigenvalue weighted by Gasteiger charge is 2.41. The Morgan fingerprint density at radius 1 is 1.30 bits per heavy atom. The van der Waals surface area contributed by atoms with Gasteiger partial charge < -0.3 is 15.1 Å². The molecule has 0 spiro atoms. The Labute approximate surface area is 123 Å². The number of thioether (sulfide) groups is 1. The highest BCUT2D eigenvalue weighted by Crippen LogP contribution is 2.31. The van der Waals surface area contributed by atoms with E-state index in [1.54, 1.807) is 11.8 Å². The summed E-state index contributed by atoms with van der Waals surface area (Å²) >= 11 is 1.50. The van der Waals surface area contributed by atoms with Crippen molar-refractivity contribution in [3.8, 4) is 0 Å². The van der Waals surface area contributed by atoms with Crippen LogP contribution in [0, 0.1) is 5.92 Å². The predicted octanol–water partition coefficient (Wildman–Crippen LogP) is 1.05. The molecule has 0 radical (unpaired) electrons. The van der Waals surface area contributed by atoms with Crippen LogP contribution in [0.2, 0.25) is 0 Å². The fraction of sp³-hybridized carbons (Fsp3) is 0.846. The smallest absolute Gasteiger partial charge is 0.327 e. The van der Waals surface area contributed by atoms with E-state index in [0.717, 1.165) is 12.8 Å². The van der Waals surface area contributed by atoms with Crippen molar-refractivity contribution in [1.29, 1.82) is 0 Å². The number of hydrogen-bond donors (Lipinski definition) is 2. The van der Waals surface area contributed by atoms with Crippen molar-refractivity contribution in [2.24, 2.45) is 5.92 Å². The first kappa shape index (κ1) is 15.4. The third kappa shape index (κ3) is 3.03. The number of aliphatic hydroxyl groups excluding tert-OH is 1. The first-order chi connectivity index (χ1) is 9.41. The molecule has 0 aliphatic carbocycles. The number of carboxylic acid groups (broad SMARTS) is 1. The third-order valence-electron chi connectivity index (χ3n) is 4.22. The quantitative estimate of drug-likeness (QED) is 0.797. The highest BCUT2D eigenvalue weighted by atomic mass is 32.2. The molecule has 3 atom stereocenters. The van der Waals surface area contributed by atoms with Crippen molar-refractivity contribution in [3.05, 3.63) is 0 Å². The second-order valence-corrected chi connectivity index (χ2v) is 6.89. The van der Waals surface area contributed by atoms with Gasteiger partial charge in [-0.15, -0.1) is 11.8 Å². The molecule has 2 N–H and O–H groups in total. The SMILES string of the molecule is CC(O)C1CCN(C(=O)N2C(C)SCC2C(=O)O)CC1. The van der Waals surface area contributed by atoms with Gasteiger partial charge in [0.15, 0.2) is 0 Å². The van der Waals surface area contributed by atoms with E-state index in [1.165, 1.54) is 16.7 Å². The number of amides is 2. The summed E-state index contributed by atoms with van der Waals surface area (Å²) in [6.45, 7) is 4.83. The Kier molecular flexibility index (Phi) is 4.80. The molecule has 2 rings (SSSR count). The first-order valence-electron chi connectivity index (χ1n) is 7.01. The molecule has 114 valence electrons. The van der Waals surface area contributed by atoms with E-state index in [0.29, 0.717) is 18.8 Å². The molecule has 0 saturated carbocycles. The summed E-state index contributed by atoms with van der Waals surface area (Å²) in [4.78, 5) is 26.9. The Morgan fingerprint density at radius 2 is 1.90 bits per heavy atom. The van der Waals surface area contributed by atoms with E-state index in [-0.39, 0.29) is 23.4 Å². The second-order valence-electron chi connectivity index (χ2n) is 5.54. The van der Waals surface area contributed by atoms with Crippen LogP contribution in [0.1, 0.15) is 26.7 Å². The number of urea groups is 1. The molecule has 2 aliphatic rings. The van der Waals surface area contributed by atoms with Crippen molar-refractivity contribution in [2.45, 2.75) is 44.2 Å². The first-order valence-corrected chi connectivity index (χ1v) is 8.06. The number of carboxylic acids is 1. The van der Waals surface area contributed by atoms with E-state index in [4.69, 9.17) is 0 Å². The summed E-state index contributed by atoms with van der Waals surface area (Å²) in [5, 5.41) is 18.7. The monoisotopic (exact) mass is 302 g/mol. The number of hydrogen-bond acceptors (Lipinski definition) is 4. The minimum absolute atomic E-state index is 0.0990. The molecular formula is C13H22N2O4S. The number of aliphatic hydroxyl groups is 1. The maximum absolute atomic E-state index is 12.5. The highest BCUT2D eigenvalue weighted by molar-refractivity contribution is 8.00. The molecule has 7 heteroatoms. The van der Waals surface area contributed by atoms with Gasteiger partial charge in [0.25, 0.3) is 0 Å². The Morgan fingerprint density at radius 3 is 2.40 bits per heavy atom. The number of aliphatic carboxylic acids is 1. The van der Waals surface area contributed by atoms with Crippen LogP contribution in [0.5, 0.6) is 0 Å². The Hall–Kier alpha value is -0.950. The van der Waals surface area contributed by atoms with Crippen molar-refractivity contribution < 1.29 is 19.8 Å². The molecule has 0 aromatic carbocycles. The summed E-state index contributed by atoms with van der Waals surface area (Å²) < 4.78 is 0. The van der Waals surface area contributed by atoms with Gasteiger partial charge in [-0.2, -0.15) is 0 Å². The number of carbonyl (C=O) groups excluding carboxylic acids is 1. The van der Waals surface area contributed by atoms with Gasteiger partial charge in [0.2, 0.25) is 0 Å². The maximum Gasteiger partial charge on any atom is 0.327 e. The lowest BCUT2D eigenvalue weighted by atomic mass is 9.92. The lowest BCUT2D eigenvalue weighted by Crippen LogP contribution is -2.53. The van der Waals surface area contributed by atoms with Crippen molar-refractivity contribution in [2.75, 3.05) is 18.8 Å². The molecule has 0 bridgehead atoms. The number of likely N-dealkylation sites (tertiary alicyclic amines) is 1. The summed E-state index contributed by atoms with van der Waals surface area (Å²) in [5.74, 6) is -0.249. The number of nitrogens with zero attached hydrogens (tertiary/aromatic N) is 2. The molecule has 0 aromatic heterocycles. The Bertz CT molecular complexity index is 383. The third-order valence-corrected chi connectivity index (χ3v) is 5.44. The lowest BCUT2D eigenvalue weighted by Gasteiger charge is -2.37. The Balaban J connectivity index is 1.99. The topological polar surface area (TPSA) is 81.1 Å². The molecule has 20 heavy (non-hydrogen) atoms. The van der Waals surface area contributed by atoms with Gasteiger partial charge >= 0.3 is 12.0 Å². The summed E-state index contributed by atoms with van der Waals surface area (Å²) in [5.41, 5.74) is 0. The molecule has 2 aliphatic heterocycles. The molecule has 2 fully saturated rings. The lowest BCUT2D eigenvalue weighted by molar-refractivity contribution is -0.141. The summed E-state index contributed by atoms with van der Waals surface area (Å²) in [6.07, 6.45) is 1.20. The van der Waals surface area contributed by atoms with Crippen LogP contribution in [-0.4, -0.2) is 68.4 Å². The number of carbonyl (C=O) groups is 2. The van der Waals surface area contributed by atoms with E-state index in [9.17, 15) is 19.8 Å². The summed E-state index contributed by atoms with van der Waals surface area (Å²) in [6, 6.07) is -0.907. The minimum Gasteiger partial charge on any atom is -0.480 e. The molecule has 2 saturated heterocycles. The summed E-state index contributed by atoms with van der Waals surface area (Å²) in [7, 11) is 0. The molecule has 0 aromatic rings. The molecule has 2 heterocycles. The van der Waals surface area contributed by atoms with Crippen LogP contribution in [-0.2, 0) is 4.79 Å². The van der Waals surface area contributed by atoms with Gasteiger partial charge in [-0.3, -0.25) is 4.90 Å². The van der Waals surface area contributed by atoms with E-state index in [2.05, 4.69) is 0 Å². The average Bonchev–Trinajstić information content (AvgIpc) is 2.80. The van der Waals surface area contributed by atoms with E-state index in [1.807, 2.05) is 6.92 Å². The second kappa shape index (κ2) is 6.22. The fourth-order valence-electron chi connectivity index (χ4n) is 2.86. The van der Waals surface area contributed by atoms with Gasteiger partial charge in [-0.05, 0) is 32.6 Å². The van der Waals surface area contributed by atoms with Crippen LogP contribution < -0.4 is 0 Å². The maximum atomic E-state index is 12.5. The minimum atomic E-state index is -0.936. The van der Waals surface area contributed by atoms with Gasteiger partial charge in [0, 0.05) is 18.8 Å². The van der Waals surface area contributed by atoms with Crippen LogP contribution in [0.3, 0.4) is 0 Å². The zero-order chi connectivity index (χ0) is 14.9. The van der Waals surface area contributed by atoms with Crippen molar-refractivity contribution in [1.82, 2.24) is 9.80 Å². The van der Waals surface area contributed by atoms with Crippen LogP contribution in [0.4, 0.5) is 4.79 Å². The van der Waals surface area contributed by atoms with Gasteiger partial charge in [-0.1, -0.05) is 0 Å². The zero-order valence-corrected chi connectivity index (χ0v) is 12.7. The zero-order valence-electron chi connectivity index (χ0n) is 11.9. The standard InChI is InChI=1S/C13H22N2O4S/c1-8(16)10-3-5-14(6-4-10)13(19)15-9(2)20-7-11(15)12(17)18/h8-11,16H,3-7H2,1-2H3,(H,17,18). The van der Waals surface area contributed by atoms with Crippen molar-refractivity contribution >= 4 is 23.8 Å². The predicted molar refractivity (Wildman–Crippen MR) is 76.6 cm³/mol. The van der Waals surface area contributed by atoms with Crippen molar-refractivity contribution in [3.63, 3.8) is 0 Å². The van der Waals surface area contributed by atoms with Crippen LogP contribution >= 0.6 is 11.8 Å². The molecule has 2 amide bonds. The fourth-order valence-corrected chi connectivity index (χ4v) is 4.02. The van der Waals surface area contributed by atoms with E-state index < -0.39 is 12.0 Å².